The molecule has 2 nitrogen and oxygen atoms in total. The highest BCUT2D eigenvalue weighted by Gasteiger charge is 1.85. The molecule has 0 saturated heterocycles. The van der Waals surface area contributed by atoms with Crippen LogP contribution in [0.15, 0.2) is 0 Å². The van der Waals surface area contributed by atoms with Gasteiger partial charge in [0.25, 0.3) is 0 Å². The Morgan fingerprint density at radius 3 is 1.64 bits per heavy atom. The molecule has 0 aromatic carbocycles. The van der Waals surface area contributed by atoms with Crippen LogP contribution in [0.5, 0.6) is 0 Å². The van der Waals surface area contributed by atoms with Crippen LogP contribution >= 0.6 is 0 Å². The van der Waals surface area contributed by atoms with Crippen molar-refractivity contribution in [3.8, 4) is 0 Å². The van der Waals surface area contributed by atoms with Crippen LogP contribution < -0.4 is 5.73 Å². The highest BCUT2D eigenvalue weighted by atomic mass is 16.1. The van der Waals surface area contributed by atoms with Crippen molar-refractivity contribution >= 4 is 6.41 Å². The van der Waals surface area contributed by atoms with Gasteiger partial charge in [-0.05, 0) is 5.92 Å². The van der Waals surface area contributed by atoms with Gasteiger partial charge < -0.3 is 5.73 Å². The minimum absolute atomic E-state index is 0.250. The summed E-state index contributed by atoms with van der Waals surface area (Å²) < 4.78 is 0. The number of hydrogen-bond acceptors (Lipinski definition) is 1. The Labute approximate surface area is 71.2 Å². The van der Waals surface area contributed by atoms with Gasteiger partial charge in [-0.3, -0.25) is 4.79 Å². The van der Waals surface area contributed by atoms with E-state index in [0.717, 1.165) is 5.92 Å². The predicted octanol–water partition coefficient (Wildman–Crippen LogP) is 2.57. The van der Waals surface area contributed by atoms with Crippen molar-refractivity contribution in [1.29, 1.82) is 0 Å². The minimum atomic E-state index is 0.250. The second-order valence-electron chi connectivity index (χ2n) is 2.32. The molecule has 1 amide bonds. The third-order valence-electron chi connectivity index (χ3n) is 0.866. The van der Waals surface area contributed by atoms with E-state index in [2.05, 4.69) is 26.5 Å². The predicted molar refractivity (Wildman–Crippen MR) is 51.3 cm³/mol. The maximum absolute atomic E-state index is 8.58. The van der Waals surface area contributed by atoms with Gasteiger partial charge in [0.2, 0.25) is 6.41 Å². The summed E-state index contributed by atoms with van der Waals surface area (Å²) in [7, 11) is 0. The highest BCUT2D eigenvalue weighted by Crippen LogP contribution is 2.00. The molecular formula is C9H23NO. The fourth-order valence-electron chi connectivity index (χ4n) is 0.577. The number of nitrogens with two attached hydrogens (primary N) is 1. The van der Waals surface area contributed by atoms with E-state index in [1.54, 1.807) is 0 Å². The van der Waals surface area contributed by atoms with Gasteiger partial charge >= 0.3 is 0 Å². The standard InChI is InChI=1S/C6H14.C2H6.CH3NO/c1-4-5-6(2)3;1-2;2-1-3/h6H,4-5H2,1-3H3;1-2H3;1H,(H2,2,3). The van der Waals surface area contributed by atoms with Crippen molar-refractivity contribution in [3.05, 3.63) is 0 Å². The monoisotopic (exact) mass is 161 g/mol. The Kier molecular flexibility index (Phi) is 34.7. The van der Waals surface area contributed by atoms with Crippen LogP contribution in [0, 0.1) is 5.92 Å². The first-order chi connectivity index (χ1) is 5.18. The van der Waals surface area contributed by atoms with E-state index in [1.807, 2.05) is 13.8 Å². The summed E-state index contributed by atoms with van der Waals surface area (Å²) in [5.41, 5.74) is 4.17. The van der Waals surface area contributed by atoms with Gasteiger partial charge in [-0.1, -0.05) is 47.5 Å². The molecule has 0 fully saturated rings. The van der Waals surface area contributed by atoms with Crippen molar-refractivity contribution in [2.45, 2.75) is 47.5 Å². The van der Waals surface area contributed by atoms with Crippen LogP contribution in [0.25, 0.3) is 0 Å². The van der Waals surface area contributed by atoms with Crippen molar-refractivity contribution in [1.82, 2.24) is 0 Å². The zero-order valence-corrected chi connectivity index (χ0v) is 8.55. The van der Waals surface area contributed by atoms with E-state index in [1.165, 1.54) is 12.8 Å². The van der Waals surface area contributed by atoms with Crippen LogP contribution in [0.2, 0.25) is 0 Å². The normalized spacial score (nSPS) is 7.09. The molecule has 0 saturated carbocycles. The molecule has 0 heterocycles. The van der Waals surface area contributed by atoms with Crippen LogP contribution in [0.3, 0.4) is 0 Å². The van der Waals surface area contributed by atoms with Crippen molar-refractivity contribution in [2.24, 2.45) is 11.7 Å². The Bertz CT molecular complexity index is 53.5. The van der Waals surface area contributed by atoms with Gasteiger partial charge in [0.15, 0.2) is 0 Å². The van der Waals surface area contributed by atoms with Crippen LogP contribution in [-0.2, 0) is 4.79 Å². The lowest BCUT2D eigenvalue weighted by atomic mass is 10.1. The Balaban J connectivity index is -0.000000109. The molecule has 2 N–H and O–H groups in total. The van der Waals surface area contributed by atoms with E-state index in [9.17, 15) is 0 Å². The number of primary amides is 1. The van der Waals surface area contributed by atoms with E-state index in [0.29, 0.717) is 0 Å². The SMILES string of the molecule is CC.CCCC(C)C.NC=O. The third kappa shape index (κ3) is 86.6. The Morgan fingerprint density at radius 1 is 1.36 bits per heavy atom. The lowest BCUT2D eigenvalue weighted by Gasteiger charge is -1.95. The fourth-order valence-corrected chi connectivity index (χ4v) is 0.577. The van der Waals surface area contributed by atoms with Crippen molar-refractivity contribution in [3.63, 3.8) is 0 Å². The number of carbonyl (C=O) groups is 1. The van der Waals surface area contributed by atoms with Crippen LogP contribution in [0.1, 0.15) is 47.5 Å². The lowest BCUT2D eigenvalue weighted by molar-refractivity contribution is -0.106. The fraction of sp³-hybridized carbons (Fsp3) is 0.889. The quantitative estimate of drug-likeness (QED) is 0.621. The maximum atomic E-state index is 8.58. The first-order valence-corrected chi connectivity index (χ1v) is 4.34. The molecule has 0 aromatic rings. The summed E-state index contributed by atoms with van der Waals surface area (Å²) in [5, 5.41) is 0. The molecular weight excluding hydrogens is 138 g/mol. The molecule has 0 aliphatic rings. The smallest absolute Gasteiger partial charge is 0.204 e. The zero-order valence-electron chi connectivity index (χ0n) is 8.55. The number of carbonyl (C=O) groups excluding carboxylic acids is 1. The highest BCUT2D eigenvalue weighted by molar-refractivity contribution is 5.42. The summed E-state index contributed by atoms with van der Waals surface area (Å²) in [6, 6.07) is 0. The van der Waals surface area contributed by atoms with Crippen LogP contribution in [0.4, 0.5) is 0 Å². The van der Waals surface area contributed by atoms with Gasteiger partial charge in [-0.2, -0.15) is 0 Å². The first-order valence-electron chi connectivity index (χ1n) is 4.34. The van der Waals surface area contributed by atoms with Gasteiger partial charge in [-0.15, -0.1) is 0 Å². The Hall–Kier alpha value is -0.530. The third-order valence-corrected chi connectivity index (χ3v) is 0.866. The largest absolute Gasteiger partial charge is 0.372 e. The summed E-state index contributed by atoms with van der Waals surface area (Å²) in [5.74, 6) is 0.898. The van der Waals surface area contributed by atoms with Gasteiger partial charge in [-0.25, -0.2) is 0 Å². The molecule has 0 aliphatic carbocycles. The molecule has 70 valence electrons. The second kappa shape index (κ2) is 22.7. The second-order valence-corrected chi connectivity index (χ2v) is 2.32. The lowest BCUT2D eigenvalue weighted by Crippen LogP contribution is -1.82. The summed E-state index contributed by atoms with van der Waals surface area (Å²) in [4.78, 5) is 8.58. The molecule has 0 atom stereocenters. The molecule has 0 rings (SSSR count). The molecule has 0 radical (unpaired) electrons. The number of rotatable bonds is 2. The molecule has 0 unspecified atom stereocenters. The molecule has 0 bridgehead atoms. The number of amides is 1. The summed E-state index contributed by atoms with van der Waals surface area (Å²) in [6.07, 6.45) is 2.96. The van der Waals surface area contributed by atoms with E-state index in [4.69, 9.17) is 4.79 Å². The van der Waals surface area contributed by atoms with Gasteiger partial charge in [0, 0.05) is 0 Å². The topological polar surface area (TPSA) is 43.1 Å². The number of hydrogen-bond donors (Lipinski definition) is 1. The van der Waals surface area contributed by atoms with E-state index < -0.39 is 0 Å². The molecule has 2 heteroatoms. The molecule has 0 aliphatic heterocycles. The Morgan fingerprint density at radius 2 is 1.64 bits per heavy atom. The van der Waals surface area contributed by atoms with E-state index in [-0.39, 0.29) is 6.41 Å². The van der Waals surface area contributed by atoms with Crippen LogP contribution in [-0.4, -0.2) is 6.41 Å². The molecule has 0 spiro atoms. The average Bonchev–Trinajstić information content (AvgIpc) is 1.93. The molecule has 11 heavy (non-hydrogen) atoms. The zero-order chi connectivity index (χ0) is 9.70. The van der Waals surface area contributed by atoms with Crippen molar-refractivity contribution < 1.29 is 4.79 Å². The average molecular weight is 161 g/mol. The van der Waals surface area contributed by atoms with Crippen molar-refractivity contribution in [2.75, 3.05) is 0 Å². The summed E-state index contributed by atoms with van der Waals surface area (Å²) >= 11 is 0. The minimum Gasteiger partial charge on any atom is -0.372 e. The van der Waals surface area contributed by atoms with Gasteiger partial charge in [0.05, 0.1) is 0 Å². The summed E-state index contributed by atoms with van der Waals surface area (Å²) in [6.45, 7) is 10.7. The van der Waals surface area contributed by atoms with E-state index >= 15 is 0 Å². The maximum Gasteiger partial charge on any atom is 0.204 e. The van der Waals surface area contributed by atoms with Gasteiger partial charge in [0.1, 0.15) is 0 Å². The molecule has 0 aromatic heterocycles. The first kappa shape index (κ1) is 16.8.